The topological polar surface area (TPSA) is 65.7 Å². The van der Waals surface area contributed by atoms with Crippen molar-refractivity contribution in [2.75, 3.05) is 6.61 Å². The van der Waals surface area contributed by atoms with Crippen LogP contribution in [0.3, 0.4) is 0 Å². The molecular weight excluding hydrogens is 230 g/mol. The van der Waals surface area contributed by atoms with E-state index in [0.29, 0.717) is 0 Å². The summed E-state index contributed by atoms with van der Waals surface area (Å²) in [5, 5.41) is 3.98. The van der Waals surface area contributed by atoms with Gasteiger partial charge in [0.1, 0.15) is 0 Å². The maximum atomic E-state index is 5.71. The lowest BCUT2D eigenvalue weighted by Crippen LogP contribution is -2.07. The van der Waals surface area contributed by atoms with E-state index in [0.717, 1.165) is 0 Å². The van der Waals surface area contributed by atoms with Crippen molar-refractivity contribution < 1.29 is 4.74 Å². The highest BCUT2D eigenvalue weighted by Crippen LogP contribution is 2.10. The standard InChI is InChI=1S/C9H6ClN5O/c1-2-6-16-9-13-7(10)12-8(14-9)15-5-3-4-11-15/h1,3-5H,6H2. The zero-order chi connectivity index (χ0) is 11.4. The van der Waals surface area contributed by atoms with E-state index in [1.165, 1.54) is 4.68 Å². The average molecular weight is 236 g/mol. The number of hydrogen-bond acceptors (Lipinski definition) is 5. The second-order valence-electron chi connectivity index (χ2n) is 2.63. The van der Waals surface area contributed by atoms with Crippen molar-refractivity contribution in [1.82, 2.24) is 24.7 Å². The summed E-state index contributed by atoms with van der Waals surface area (Å²) >= 11 is 5.71. The van der Waals surface area contributed by atoms with E-state index < -0.39 is 0 Å². The molecule has 0 fully saturated rings. The van der Waals surface area contributed by atoms with E-state index in [2.05, 4.69) is 26.0 Å². The van der Waals surface area contributed by atoms with Crippen LogP contribution in [0.5, 0.6) is 6.01 Å². The van der Waals surface area contributed by atoms with Gasteiger partial charge in [-0.25, -0.2) is 4.68 Å². The van der Waals surface area contributed by atoms with Crippen LogP contribution in [0.15, 0.2) is 18.5 Å². The summed E-state index contributed by atoms with van der Waals surface area (Å²) in [5.74, 6) is 2.58. The molecule has 0 bridgehead atoms. The van der Waals surface area contributed by atoms with Crippen molar-refractivity contribution in [1.29, 1.82) is 0 Å². The fourth-order valence-corrected chi connectivity index (χ4v) is 1.13. The van der Waals surface area contributed by atoms with E-state index in [1.807, 2.05) is 0 Å². The van der Waals surface area contributed by atoms with Crippen LogP contribution in [0.2, 0.25) is 5.28 Å². The number of rotatable bonds is 3. The van der Waals surface area contributed by atoms with E-state index in [-0.39, 0.29) is 23.8 Å². The fraction of sp³-hybridized carbons (Fsp3) is 0.111. The smallest absolute Gasteiger partial charge is 0.323 e. The molecule has 0 aliphatic rings. The maximum absolute atomic E-state index is 5.71. The van der Waals surface area contributed by atoms with Gasteiger partial charge in [0.25, 0.3) is 5.95 Å². The second kappa shape index (κ2) is 4.59. The van der Waals surface area contributed by atoms with E-state index >= 15 is 0 Å². The summed E-state index contributed by atoms with van der Waals surface area (Å²) in [6, 6.07) is 1.81. The summed E-state index contributed by atoms with van der Waals surface area (Å²) in [6.07, 6.45) is 8.32. The zero-order valence-corrected chi connectivity index (χ0v) is 8.79. The van der Waals surface area contributed by atoms with Crippen LogP contribution < -0.4 is 4.74 Å². The molecule has 0 saturated carbocycles. The number of halogens is 1. The first-order chi connectivity index (χ1) is 7.79. The molecule has 2 heterocycles. The van der Waals surface area contributed by atoms with E-state index in [9.17, 15) is 0 Å². The number of terminal acetylenes is 1. The Bertz CT molecular complexity index is 519. The van der Waals surface area contributed by atoms with Crippen LogP contribution in [0.4, 0.5) is 0 Å². The molecule has 0 amide bonds. The minimum atomic E-state index is 0.0209. The molecule has 0 spiro atoms. The van der Waals surface area contributed by atoms with Gasteiger partial charge in [-0.2, -0.15) is 20.1 Å². The van der Waals surface area contributed by atoms with Crippen molar-refractivity contribution in [2.45, 2.75) is 0 Å². The van der Waals surface area contributed by atoms with Gasteiger partial charge in [0, 0.05) is 12.4 Å². The Morgan fingerprint density at radius 2 is 2.31 bits per heavy atom. The van der Waals surface area contributed by atoms with Gasteiger partial charge >= 0.3 is 6.01 Å². The average Bonchev–Trinajstić information content (AvgIpc) is 2.79. The third kappa shape index (κ3) is 2.27. The molecular formula is C9H6ClN5O. The first-order valence-electron chi connectivity index (χ1n) is 4.27. The lowest BCUT2D eigenvalue weighted by molar-refractivity contribution is 0.337. The molecule has 0 N–H and O–H groups in total. The van der Waals surface area contributed by atoms with Crippen LogP contribution in [0, 0.1) is 12.3 Å². The molecule has 0 aliphatic heterocycles. The molecule has 0 atom stereocenters. The third-order valence-electron chi connectivity index (χ3n) is 1.57. The molecule has 7 heteroatoms. The third-order valence-corrected chi connectivity index (χ3v) is 1.74. The first kappa shape index (κ1) is 10.4. The Morgan fingerprint density at radius 3 is 3.00 bits per heavy atom. The number of aromatic nitrogens is 5. The first-order valence-corrected chi connectivity index (χ1v) is 4.65. The van der Waals surface area contributed by atoms with Gasteiger partial charge in [0.2, 0.25) is 5.28 Å². The highest BCUT2D eigenvalue weighted by Gasteiger charge is 2.07. The summed E-state index contributed by atoms with van der Waals surface area (Å²) in [5.41, 5.74) is 0. The number of ether oxygens (including phenoxy) is 1. The summed E-state index contributed by atoms with van der Waals surface area (Å²) in [4.78, 5) is 11.7. The van der Waals surface area contributed by atoms with Gasteiger partial charge in [0.15, 0.2) is 6.61 Å². The second-order valence-corrected chi connectivity index (χ2v) is 2.97. The largest absolute Gasteiger partial charge is 0.450 e. The van der Waals surface area contributed by atoms with E-state index in [1.54, 1.807) is 18.5 Å². The summed E-state index contributed by atoms with van der Waals surface area (Å²) in [7, 11) is 0. The predicted molar refractivity (Wildman–Crippen MR) is 56.3 cm³/mol. The molecule has 0 radical (unpaired) electrons. The summed E-state index contributed by atoms with van der Waals surface area (Å²) in [6.45, 7) is 0.0683. The fourth-order valence-electron chi connectivity index (χ4n) is 0.982. The quantitative estimate of drug-likeness (QED) is 0.734. The molecule has 2 aromatic rings. The summed E-state index contributed by atoms with van der Waals surface area (Å²) < 4.78 is 6.49. The lowest BCUT2D eigenvalue weighted by Gasteiger charge is -2.03. The van der Waals surface area contributed by atoms with Crippen molar-refractivity contribution in [2.24, 2.45) is 0 Å². The molecule has 80 valence electrons. The van der Waals surface area contributed by atoms with Crippen LogP contribution in [0.1, 0.15) is 0 Å². The van der Waals surface area contributed by atoms with Gasteiger partial charge < -0.3 is 4.74 Å². The minimum Gasteiger partial charge on any atom is -0.450 e. The Labute approximate surface area is 96.3 Å². The Hall–Kier alpha value is -2.13. The molecule has 2 aromatic heterocycles. The van der Waals surface area contributed by atoms with Crippen LogP contribution in [-0.2, 0) is 0 Å². The monoisotopic (exact) mass is 235 g/mol. The van der Waals surface area contributed by atoms with Crippen LogP contribution in [-0.4, -0.2) is 31.3 Å². The molecule has 0 aromatic carbocycles. The van der Waals surface area contributed by atoms with Gasteiger partial charge in [-0.3, -0.25) is 0 Å². The highest BCUT2D eigenvalue weighted by molar-refractivity contribution is 6.28. The number of nitrogens with zero attached hydrogens (tertiary/aromatic N) is 5. The zero-order valence-electron chi connectivity index (χ0n) is 8.04. The van der Waals surface area contributed by atoms with Gasteiger partial charge in [-0.05, 0) is 17.7 Å². The molecule has 2 rings (SSSR count). The van der Waals surface area contributed by atoms with Gasteiger partial charge in [0.05, 0.1) is 0 Å². The van der Waals surface area contributed by atoms with Gasteiger partial charge in [-0.1, -0.05) is 5.92 Å². The Balaban J connectivity index is 2.33. The van der Waals surface area contributed by atoms with E-state index in [4.69, 9.17) is 22.8 Å². The van der Waals surface area contributed by atoms with Gasteiger partial charge in [-0.15, -0.1) is 6.42 Å². The van der Waals surface area contributed by atoms with Crippen LogP contribution in [0.25, 0.3) is 5.95 Å². The lowest BCUT2D eigenvalue weighted by atomic mass is 10.7. The Kier molecular flexibility index (Phi) is 2.98. The predicted octanol–water partition coefficient (Wildman–Crippen LogP) is 0.723. The highest BCUT2D eigenvalue weighted by atomic mass is 35.5. The molecule has 0 aliphatic carbocycles. The molecule has 0 unspecified atom stereocenters. The number of hydrogen-bond donors (Lipinski definition) is 0. The van der Waals surface area contributed by atoms with Crippen molar-refractivity contribution in [3.05, 3.63) is 23.7 Å². The maximum Gasteiger partial charge on any atom is 0.323 e. The Morgan fingerprint density at radius 1 is 1.44 bits per heavy atom. The minimum absolute atomic E-state index is 0.0209. The van der Waals surface area contributed by atoms with Crippen molar-refractivity contribution in [3.63, 3.8) is 0 Å². The molecule has 6 nitrogen and oxygen atoms in total. The van der Waals surface area contributed by atoms with Crippen LogP contribution >= 0.6 is 11.6 Å². The molecule has 0 saturated heterocycles. The SMILES string of the molecule is C#CCOc1nc(Cl)nc(-n2cccn2)n1. The van der Waals surface area contributed by atoms with Crippen molar-refractivity contribution >= 4 is 11.6 Å². The normalized spacial score (nSPS) is 9.75. The molecule has 16 heavy (non-hydrogen) atoms. The van der Waals surface area contributed by atoms with Crippen molar-refractivity contribution in [3.8, 4) is 24.3 Å².